The van der Waals surface area contributed by atoms with E-state index in [0.717, 1.165) is 17.1 Å². The Kier molecular flexibility index (Phi) is 5.20. The van der Waals surface area contributed by atoms with Crippen molar-refractivity contribution < 1.29 is 17.6 Å². The van der Waals surface area contributed by atoms with Crippen molar-refractivity contribution in [2.45, 2.75) is 6.18 Å². The smallest absolute Gasteiger partial charge is 0.285 e. The van der Waals surface area contributed by atoms with E-state index in [1.165, 1.54) is 5.49 Å². The first-order valence-corrected chi connectivity index (χ1v) is 6.94. The minimum Gasteiger partial charge on any atom is -0.285 e. The van der Waals surface area contributed by atoms with Crippen LogP contribution in [-0.2, 0) is 6.18 Å². The fourth-order valence-electron chi connectivity index (χ4n) is 1.19. The van der Waals surface area contributed by atoms with Crippen LogP contribution in [0.3, 0.4) is 0 Å². The van der Waals surface area contributed by atoms with E-state index in [-0.39, 0.29) is 5.69 Å². The molecule has 0 atom stereocenters. The number of hydrazine groups is 1. The van der Waals surface area contributed by atoms with E-state index in [1.54, 1.807) is 12.4 Å². The van der Waals surface area contributed by atoms with Crippen LogP contribution in [0.4, 0.5) is 23.2 Å². The van der Waals surface area contributed by atoms with E-state index in [2.05, 4.69) is 21.4 Å². The molecule has 1 rings (SSSR count). The third kappa shape index (κ3) is 4.11. The zero-order valence-electron chi connectivity index (χ0n) is 9.46. The Morgan fingerprint density at radius 2 is 2.11 bits per heavy atom. The van der Waals surface area contributed by atoms with Crippen molar-refractivity contribution >= 4 is 38.5 Å². The summed E-state index contributed by atoms with van der Waals surface area (Å²) in [5, 5.41) is 9.62. The summed E-state index contributed by atoms with van der Waals surface area (Å²) in [6, 6.07) is 1.59. The lowest BCUT2D eigenvalue weighted by molar-refractivity contribution is -0.138. The van der Waals surface area contributed by atoms with Crippen LogP contribution in [0.2, 0.25) is 0 Å². The molecule has 0 heterocycles. The molecule has 1 aromatic carbocycles. The summed E-state index contributed by atoms with van der Waals surface area (Å²) in [6.07, 6.45) is -1.29. The van der Waals surface area contributed by atoms with Crippen LogP contribution in [0.15, 0.2) is 16.6 Å². The SMILES string of the molecule is C[SH]=CN(C#N)Nc1cc(F)c(Br)c(C(F)(F)F)c1. The first-order valence-electron chi connectivity index (χ1n) is 4.73. The Hall–Kier alpha value is -1.27. The number of hydrogen-bond acceptors (Lipinski definition) is 2. The molecule has 0 aliphatic carbocycles. The van der Waals surface area contributed by atoms with Crippen LogP contribution >= 0.6 is 27.3 Å². The summed E-state index contributed by atoms with van der Waals surface area (Å²) in [4.78, 5) is 0. The highest BCUT2D eigenvalue weighted by Gasteiger charge is 2.34. The molecule has 0 amide bonds. The molecule has 0 spiro atoms. The topological polar surface area (TPSA) is 39.1 Å². The molecule has 0 bridgehead atoms. The summed E-state index contributed by atoms with van der Waals surface area (Å²) in [5.74, 6) is -1.07. The van der Waals surface area contributed by atoms with E-state index < -0.39 is 22.0 Å². The second-order valence-electron chi connectivity index (χ2n) is 3.27. The van der Waals surface area contributed by atoms with Crippen molar-refractivity contribution in [3.63, 3.8) is 0 Å². The van der Waals surface area contributed by atoms with Crippen molar-refractivity contribution in [2.24, 2.45) is 0 Å². The number of hydrogen-bond donors (Lipinski definition) is 2. The maximum Gasteiger partial charge on any atom is 0.417 e. The van der Waals surface area contributed by atoms with E-state index in [0.29, 0.717) is 11.4 Å². The number of halogens is 5. The molecule has 0 saturated heterocycles. The van der Waals surface area contributed by atoms with Crippen molar-refractivity contribution in [1.29, 1.82) is 5.26 Å². The fraction of sp³-hybridized carbons (Fsp3) is 0.200. The van der Waals surface area contributed by atoms with Gasteiger partial charge in [-0.2, -0.15) is 34.8 Å². The highest BCUT2D eigenvalue weighted by molar-refractivity contribution is 9.10. The standard InChI is InChI=1S/C10H8BrF4N3S/c1-19-5-18(4-16)17-6-2-7(10(13,14)15)9(11)8(12)3-6/h2-3,5,17,19H,1H3. The predicted molar refractivity (Wildman–Crippen MR) is 71.2 cm³/mol. The highest BCUT2D eigenvalue weighted by Crippen LogP contribution is 2.37. The summed E-state index contributed by atoms with van der Waals surface area (Å²) >= 11 is 3.27. The Labute approximate surface area is 118 Å². The van der Waals surface area contributed by atoms with E-state index in [4.69, 9.17) is 5.26 Å². The van der Waals surface area contributed by atoms with Crippen LogP contribution in [0, 0.1) is 17.3 Å². The number of anilines is 1. The molecule has 1 aromatic rings. The zero-order valence-corrected chi connectivity index (χ0v) is 11.9. The van der Waals surface area contributed by atoms with Crippen LogP contribution in [0.1, 0.15) is 5.56 Å². The lowest BCUT2D eigenvalue weighted by Crippen LogP contribution is -2.22. The number of nitriles is 1. The van der Waals surface area contributed by atoms with Gasteiger partial charge in [0.25, 0.3) is 0 Å². The van der Waals surface area contributed by atoms with Crippen LogP contribution in [-0.4, -0.2) is 16.8 Å². The molecule has 0 radical (unpaired) electrons. The molecule has 0 unspecified atom stereocenters. The van der Waals surface area contributed by atoms with Gasteiger partial charge in [0.1, 0.15) is 5.82 Å². The maximum absolute atomic E-state index is 13.4. The summed E-state index contributed by atoms with van der Waals surface area (Å²) in [7, 11) is 0. The molecule has 0 aliphatic heterocycles. The predicted octanol–water partition coefficient (Wildman–Crippen LogP) is 3.57. The highest BCUT2D eigenvalue weighted by atomic mass is 79.9. The van der Waals surface area contributed by atoms with Gasteiger partial charge in [0, 0.05) is 6.07 Å². The van der Waals surface area contributed by atoms with Gasteiger partial charge in [-0.3, -0.25) is 5.43 Å². The van der Waals surface area contributed by atoms with Crippen LogP contribution < -0.4 is 5.43 Å². The maximum atomic E-state index is 13.4. The lowest BCUT2D eigenvalue weighted by atomic mass is 10.2. The Morgan fingerprint density at radius 3 is 2.58 bits per heavy atom. The van der Waals surface area contributed by atoms with Crippen LogP contribution in [0.5, 0.6) is 0 Å². The average molecular weight is 358 g/mol. The molecule has 19 heavy (non-hydrogen) atoms. The number of thiol groups is 1. The Bertz CT molecular complexity index is 539. The third-order valence-corrected chi connectivity index (χ3v) is 3.19. The van der Waals surface area contributed by atoms with Gasteiger partial charge in [0.15, 0.2) is 0 Å². The lowest BCUT2D eigenvalue weighted by Gasteiger charge is -2.16. The van der Waals surface area contributed by atoms with E-state index in [1.807, 2.05) is 0 Å². The number of rotatable bonds is 3. The largest absolute Gasteiger partial charge is 0.417 e. The quantitative estimate of drug-likeness (QED) is 0.217. The average Bonchev–Trinajstić information content (AvgIpc) is 2.31. The third-order valence-electron chi connectivity index (χ3n) is 1.92. The van der Waals surface area contributed by atoms with Crippen molar-refractivity contribution in [3.8, 4) is 6.19 Å². The number of nitrogens with one attached hydrogen (secondary N) is 1. The molecule has 104 valence electrons. The number of alkyl halides is 3. The van der Waals surface area contributed by atoms with Gasteiger partial charge in [0.05, 0.1) is 21.2 Å². The van der Waals surface area contributed by atoms with Gasteiger partial charge in [-0.05, 0) is 28.3 Å². The molecule has 9 heteroatoms. The Morgan fingerprint density at radius 1 is 1.47 bits per heavy atom. The molecule has 0 fully saturated rings. The Balaban J connectivity index is 3.18. The minimum absolute atomic E-state index is 0.172. The normalized spacial score (nSPS) is 11.8. The zero-order chi connectivity index (χ0) is 14.6. The number of benzene rings is 1. The molecular formula is C10H8BrF4N3S. The van der Waals surface area contributed by atoms with Gasteiger partial charge in [0.2, 0.25) is 6.19 Å². The first-order chi connectivity index (χ1) is 8.79. The van der Waals surface area contributed by atoms with Gasteiger partial charge < -0.3 is 0 Å². The van der Waals surface area contributed by atoms with E-state index >= 15 is 0 Å². The summed E-state index contributed by atoms with van der Waals surface area (Å²) in [5.41, 5.74) is 2.42. The van der Waals surface area contributed by atoms with Crippen molar-refractivity contribution in [2.75, 3.05) is 11.7 Å². The molecule has 1 N–H and O–H groups in total. The van der Waals surface area contributed by atoms with Crippen molar-refractivity contribution in [1.82, 2.24) is 5.01 Å². The number of nitrogens with zero attached hydrogens (tertiary/aromatic N) is 2. The summed E-state index contributed by atoms with van der Waals surface area (Å²) in [6.45, 7) is 0. The molecule has 0 aromatic heterocycles. The minimum atomic E-state index is -4.69. The van der Waals surface area contributed by atoms with Gasteiger partial charge in [-0.15, -0.1) is 0 Å². The van der Waals surface area contributed by atoms with E-state index in [9.17, 15) is 17.6 Å². The molecule has 3 nitrogen and oxygen atoms in total. The van der Waals surface area contributed by atoms with Gasteiger partial charge in [-0.25, -0.2) is 4.39 Å². The second kappa shape index (κ2) is 6.25. The van der Waals surface area contributed by atoms with Gasteiger partial charge in [-0.1, -0.05) is 0 Å². The summed E-state index contributed by atoms with van der Waals surface area (Å²) < 4.78 is 50.7. The second-order valence-corrected chi connectivity index (χ2v) is 4.81. The monoisotopic (exact) mass is 357 g/mol. The molecule has 0 saturated carbocycles. The first kappa shape index (κ1) is 15.8. The molecular weight excluding hydrogens is 350 g/mol. The molecule has 0 aliphatic rings. The van der Waals surface area contributed by atoms with Crippen molar-refractivity contribution in [3.05, 3.63) is 28.0 Å². The van der Waals surface area contributed by atoms with Crippen LogP contribution in [0.25, 0.3) is 0 Å². The van der Waals surface area contributed by atoms with Gasteiger partial charge >= 0.3 is 6.18 Å². The fourth-order valence-corrected chi connectivity index (χ4v) is 1.99.